The van der Waals surface area contributed by atoms with E-state index < -0.39 is 0 Å². The number of benzene rings is 1. The molecule has 1 amide bonds. The molecule has 9 heteroatoms. The molecule has 200 valence electrons. The van der Waals surface area contributed by atoms with Crippen LogP contribution in [0.3, 0.4) is 0 Å². The first kappa shape index (κ1) is 24.1. The zero-order valence-corrected chi connectivity index (χ0v) is 21.9. The Bertz CT molecular complexity index is 1060. The molecule has 1 aliphatic carbocycles. The first-order chi connectivity index (χ1) is 18.1. The maximum atomic E-state index is 13.6. The highest BCUT2D eigenvalue weighted by atomic mass is 16.5. The first-order valence-electron chi connectivity index (χ1n) is 14.4. The Morgan fingerprint density at radius 2 is 2.05 bits per heavy atom. The molecule has 4 fully saturated rings. The molecule has 4 N–H and O–H groups in total. The Hall–Kier alpha value is -2.01. The van der Waals surface area contributed by atoms with E-state index in [1.54, 1.807) is 0 Å². The van der Waals surface area contributed by atoms with Crippen LogP contribution in [0, 0.1) is 5.92 Å². The van der Waals surface area contributed by atoms with E-state index in [-0.39, 0.29) is 42.2 Å². The molecule has 5 unspecified atom stereocenters. The lowest BCUT2D eigenvalue weighted by molar-refractivity contribution is -0.149. The Labute approximate surface area is 219 Å². The third-order valence-corrected chi connectivity index (χ3v) is 9.41. The van der Waals surface area contributed by atoms with Crippen molar-refractivity contribution in [2.24, 2.45) is 5.92 Å². The van der Waals surface area contributed by atoms with E-state index in [2.05, 4.69) is 68.6 Å². The maximum absolute atomic E-state index is 13.6. The number of piperidine rings is 1. The van der Waals surface area contributed by atoms with Gasteiger partial charge in [-0.1, -0.05) is 18.2 Å². The number of ether oxygens (including phenoxy) is 1. The van der Waals surface area contributed by atoms with Gasteiger partial charge in [-0.25, -0.2) is 0 Å². The second kappa shape index (κ2) is 9.63. The van der Waals surface area contributed by atoms with Crippen molar-refractivity contribution in [3.8, 4) is 0 Å². The standard InChI is InChI=1S/C28H41N7O2/c1-33-15-11-19-9-10-20(17-22(19)28(33)12-13-28)30-27-29-18-21-25(32-27)35-23-7-6-8-24(31-23)37-16-5-3-2-4-14-34(35)26(21)36/h2,4,9-10,17,21,23-25,27,29-32H,3,5-8,11-16,18H2,1H3/b4-2-. The van der Waals surface area contributed by atoms with Crippen LogP contribution >= 0.6 is 0 Å². The summed E-state index contributed by atoms with van der Waals surface area (Å²) in [6.07, 6.45) is 13.0. The summed E-state index contributed by atoms with van der Waals surface area (Å²) in [5, 5.41) is 19.0. The smallest absolute Gasteiger partial charge is 0.244 e. The lowest BCUT2D eigenvalue weighted by Crippen LogP contribution is -2.68. The number of nitrogens with one attached hydrogen (secondary N) is 4. The van der Waals surface area contributed by atoms with Crippen LogP contribution in [0.15, 0.2) is 30.4 Å². The van der Waals surface area contributed by atoms with Crippen molar-refractivity contribution in [3.05, 3.63) is 41.5 Å². The summed E-state index contributed by atoms with van der Waals surface area (Å²) >= 11 is 0. The van der Waals surface area contributed by atoms with Gasteiger partial charge in [0.15, 0.2) is 0 Å². The van der Waals surface area contributed by atoms with Crippen LogP contribution in [0.2, 0.25) is 0 Å². The van der Waals surface area contributed by atoms with Gasteiger partial charge in [0.1, 0.15) is 12.5 Å². The number of nitrogens with zero attached hydrogens (tertiary/aromatic N) is 3. The zero-order chi connectivity index (χ0) is 25.0. The van der Waals surface area contributed by atoms with E-state index in [0.29, 0.717) is 13.1 Å². The molecule has 0 radical (unpaired) electrons. The second-order valence-electron chi connectivity index (χ2n) is 11.7. The van der Waals surface area contributed by atoms with Gasteiger partial charge in [-0.05, 0) is 81.7 Å². The molecule has 9 nitrogen and oxygen atoms in total. The molecule has 1 saturated carbocycles. The Kier molecular flexibility index (Phi) is 6.26. The summed E-state index contributed by atoms with van der Waals surface area (Å²) < 4.78 is 6.15. The average Bonchev–Trinajstić information content (AvgIpc) is 3.66. The van der Waals surface area contributed by atoms with Gasteiger partial charge < -0.3 is 10.1 Å². The fourth-order valence-electron chi connectivity index (χ4n) is 7.18. The zero-order valence-electron chi connectivity index (χ0n) is 21.9. The molecule has 2 bridgehead atoms. The molecule has 5 atom stereocenters. The highest BCUT2D eigenvalue weighted by Crippen LogP contribution is 2.53. The van der Waals surface area contributed by atoms with Crippen LogP contribution in [0.5, 0.6) is 0 Å². The van der Waals surface area contributed by atoms with Crippen LogP contribution in [0.4, 0.5) is 5.69 Å². The maximum Gasteiger partial charge on any atom is 0.244 e. The summed E-state index contributed by atoms with van der Waals surface area (Å²) in [5.74, 6) is 0.0779. The molecule has 6 aliphatic rings. The van der Waals surface area contributed by atoms with Crippen molar-refractivity contribution >= 4 is 11.6 Å². The SMILES string of the molecule is CN1CCc2ccc(NC3NCC4C(=O)N5C/C=C\CCCOC6CCCC(N6)N5C4N3)cc2C12CC2. The van der Waals surface area contributed by atoms with E-state index >= 15 is 0 Å². The Morgan fingerprint density at radius 1 is 1.14 bits per heavy atom. The van der Waals surface area contributed by atoms with Gasteiger partial charge in [0.25, 0.3) is 0 Å². The highest BCUT2D eigenvalue weighted by molar-refractivity contribution is 5.82. The van der Waals surface area contributed by atoms with Gasteiger partial charge >= 0.3 is 0 Å². The van der Waals surface area contributed by atoms with Crippen LogP contribution in [0.25, 0.3) is 0 Å². The van der Waals surface area contributed by atoms with Gasteiger partial charge in [0.2, 0.25) is 5.91 Å². The number of hydrogen-bond acceptors (Lipinski definition) is 8. The van der Waals surface area contributed by atoms with Crippen molar-refractivity contribution in [2.45, 2.75) is 81.8 Å². The fourth-order valence-corrected chi connectivity index (χ4v) is 7.18. The molecule has 5 heterocycles. The van der Waals surface area contributed by atoms with Crippen LogP contribution in [0.1, 0.15) is 56.1 Å². The van der Waals surface area contributed by atoms with Crippen LogP contribution < -0.4 is 21.3 Å². The number of anilines is 1. The summed E-state index contributed by atoms with van der Waals surface area (Å²) in [6.45, 7) is 3.19. The third kappa shape index (κ3) is 4.30. The third-order valence-electron chi connectivity index (χ3n) is 9.41. The Balaban J connectivity index is 1.12. The van der Waals surface area contributed by atoms with E-state index in [4.69, 9.17) is 4.74 Å². The number of hydrazine groups is 1. The monoisotopic (exact) mass is 507 g/mol. The first-order valence-corrected chi connectivity index (χ1v) is 14.4. The molecule has 1 aromatic carbocycles. The number of carbonyl (C=O) groups excluding carboxylic acids is 1. The molecule has 5 aliphatic heterocycles. The molecular weight excluding hydrogens is 466 g/mol. The van der Waals surface area contributed by atoms with Crippen molar-refractivity contribution in [3.63, 3.8) is 0 Å². The molecule has 1 aromatic rings. The molecule has 7 rings (SSSR count). The van der Waals surface area contributed by atoms with E-state index in [0.717, 1.165) is 57.4 Å². The van der Waals surface area contributed by atoms with Gasteiger partial charge in [0, 0.05) is 30.9 Å². The number of rotatable bonds is 2. The van der Waals surface area contributed by atoms with E-state index in [9.17, 15) is 4.79 Å². The molecule has 1 spiro atoms. The fraction of sp³-hybridized carbons (Fsp3) is 0.679. The minimum atomic E-state index is -0.119. The summed E-state index contributed by atoms with van der Waals surface area (Å²) in [5.41, 5.74) is 4.37. The topological polar surface area (TPSA) is 84.1 Å². The molecule has 3 saturated heterocycles. The van der Waals surface area contributed by atoms with Gasteiger partial charge in [-0.15, -0.1) is 0 Å². The summed E-state index contributed by atoms with van der Waals surface area (Å²) in [4.78, 5) is 16.1. The summed E-state index contributed by atoms with van der Waals surface area (Å²) in [6, 6.07) is 6.89. The predicted octanol–water partition coefficient (Wildman–Crippen LogP) is 1.85. The predicted molar refractivity (Wildman–Crippen MR) is 142 cm³/mol. The lowest BCUT2D eigenvalue weighted by Gasteiger charge is -2.45. The molecule has 37 heavy (non-hydrogen) atoms. The second-order valence-corrected chi connectivity index (χ2v) is 11.7. The number of hydrogen-bond donors (Lipinski definition) is 4. The van der Waals surface area contributed by atoms with Gasteiger partial charge in [0.05, 0.1) is 24.8 Å². The quantitative estimate of drug-likeness (QED) is 0.452. The van der Waals surface area contributed by atoms with Crippen LogP contribution in [-0.4, -0.2) is 79.0 Å². The van der Waals surface area contributed by atoms with Crippen molar-refractivity contribution in [1.29, 1.82) is 0 Å². The Morgan fingerprint density at radius 3 is 2.95 bits per heavy atom. The van der Waals surface area contributed by atoms with Crippen molar-refractivity contribution in [1.82, 2.24) is 30.9 Å². The average molecular weight is 508 g/mol. The van der Waals surface area contributed by atoms with Crippen LogP contribution in [-0.2, 0) is 21.5 Å². The van der Waals surface area contributed by atoms with Gasteiger partial charge in [-0.3, -0.25) is 30.7 Å². The minimum absolute atomic E-state index is 0.0529. The number of fused-ring (bicyclic) bond motifs is 8. The van der Waals surface area contributed by atoms with E-state index in [1.807, 2.05) is 5.01 Å². The van der Waals surface area contributed by atoms with Crippen molar-refractivity contribution in [2.75, 3.05) is 38.6 Å². The van der Waals surface area contributed by atoms with Gasteiger partial charge in [-0.2, -0.15) is 5.01 Å². The number of carbonyl (C=O) groups is 1. The summed E-state index contributed by atoms with van der Waals surface area (Å²) in [7, 11) is 2.27. The highest BCUT2D eigenvalue weighted by Gasteiger charge is 2.53. The number of allylic oxidation sites excluding steroid dienone is 1. The largest absolute Gasteiger partial charge is 0.363 e. The normalized spacial score (nSPS) is 36.6. The van der Waals surface area contributed by atoms with E-state index in [1.165, 1.54) is 24.0 Å². The lowest BCUT2D eigenvalue weighted by atomic mass is 9.90. The minimum Gasteiger partial charge on any atom is -0.363 e. The van der Waals surface area contributed by atoms with Crippen molar-refractivity contribution < 1.29 is 9.53 Å². The molecule has 0 aromatic heterocycles. The number of likely N-dealkylation sites (N-methyl/N-ethyl adjacent to an activating group) is 1. The molecular formula is C28H41N7O2. The number of amides is 1.